The molecule has 0 aromatic rings. The third-order valence-electron chi connectivity index (χ3n) is 5.19. The second-order valence-corrected chi connectivity index (χ2v) is 7.21. The standard InChI is InChI=1S/C18H36N4O.HI/c1-4-19-18(20-9-10-22-11-13-23-14-12-22)21-17-7-5-16(6-8-17)15(2)3;/h15-17H,4-14H2,1-3H3,(H2,19,20,21);1H. The van der Waals surface area contributed by atoms with Gasteiger partial charge in [0.2, 0.25) is 0 Å². The number of hydrogen-bond acceptors (Lipinski definition) is 3. The Bertz CT molecular complexity index is 351. The van der Waals surface area contributed by atoms with Crippen molar-refractivity contribution in [2.75, 3.05) is 45.9 Å². The van der Waals surface area contributed by atoms with Gasteiger partial charge < -0.3 is 15.4 Å². The highest BCUT2D eigenvalue weighted by molar-refractivity contribution is 14.0. The van der Waals surface area contributed by atoms with E-state index >= 15 is 0 Å². The molecule has 1 heterocycles. The molecule has 1 aliphatic carbocycles. The first-order valence-electron chi connectivity index (χ1n) is 9.54. The molecule has 5 nitrogen and oxygen atoms in total. The van der Waals surface area contributed by atoms with E-state index in [2.05, 4.69) is 36.3 Å². The number of aliphatic imine (C=N–C) groups is 1. The summed E-state index contributed by atoms with van der Waals surface area (Å²) in [5, 5.41) is 7.05. The minimum atomic E-state index is 0. The molecule has 1 saturated heterocycles. The first-order valence-corrected chi connectivity index (χ1v) is 9.54. The van der Waals surface area contributed by atoms with Gasteiger partial charge in [-0.3, -0.25) is 9.89 Å². The summed E-state index contributed by atoms with van der Waals surface area (Å²) in [4.78, 5) is 7.20. The van der Waals surface area contributed by atoms with E-state index in [0.29, 0.717) is 6.04 Å². The molecule has 0 amide bonds. The van der Waals surface area contributed by atoms with Crippen molar-refractivity contribution in [2.24, 2.45) is 16.8 Å². The highest BCUT2D eigenvalue weighted by Crippen LogP contribution is 2.29. The van der Waals surface area contributed by atoms with Crippen molar-refractivity contribution in [1.29, 1.82) is 0 Å². The Balaban J connectivity index is 0.00000288. The molecule has 0 aromatic carbocycles. The lowest BCUT2D eigenvalue weighted by molar-refractivity contribution is 0.0394. The summed E-state index contributed by atoms with van der Waals surface area (Å²) in [6.07, 6.45) is 5.25. The summed E-state index contributed by atoms with van der Waals surface area (Å²) in [5.74, 6) is 2.73. The molecule has 2 aliphatic rings. The smallest absolute Gasteiger partial charge is 0.191 e. The van der Waals surface area contributed by atoms with Gasteiger partial charge in [0.15, 0.2) is 5.96 Å². The first kappa shape index (κ1) is 22.0. The molecule has 24 heavy (non-hydrogen) atoms. The van der Waals surface area contributed by atoms with Crippen LogP contribution in [0, 0.1) is 11.8 Å². The minimum Gasteiger partial charge on any atom is -0.379 e. The van der Waals surface area contributed by atoms with Crippen LogP contribution in [-0.4, -0.2) is 62.8 Å². The second-order valence-electron chi connectivity index (χ2n) is 7.21. The molecule has 0 atom stereocenters. The maximum absolute atomic E-state index is 5.39. The monoisotopic (exact) mass is 452 g/mol. The summed E-state index contributed by atoms with van der Waals surface area (Å²) in [5.41, 5.74) is 0. The zero-order valence-corrected chi connectivity index (χ0v) is 18.1. The van der Waals surface area contributed by atoms with Crippen LogP contribution < -0.4 is 10.6 Å². The fraction of sp³-hybridized carbons (Fsp3) is 0.944. The molecular weight excluding hydrogens is 415 g/mol. The Hall–Kier alpha value is -0.0800. The van der Waals surface area contributed by atoms with E-state index in [0.717, 1.165) is 63.7 Å². The van der Waals surface area contributed by atoms with Crippen molar-refractivity contribution in [3.05, 3.63) is 0 Å². The number of halogens is 1. The van der Waals surface area contributed by atoms with E-state index in [1.165, 1.54) is 25.7 Å². The van der Waals surface area contributed by atoms with Crippen molar-refractivity contribution >= 4 is 29.9 Å². The van der Waals surface area contributed by atoms with Gasteiger partial charge in [-0.25, -0.2) is 0 Å². The lowest BCUT2D eigenvalue weighted by Gasteiger charge is -2.32. The van der Waals surface area contributed by atoms with Crippen LogP contribution in [0.2, 0.25) is 0 Å². The molecular formula is C18H37IN4O. The van der Waals surface area contributed by atoms with E-state index in [1.54, 1.807) is 0 Å². The molecule has 0 bridgehead atoms. The summed E-state index contributed by atoms with van der Waals surface area (Å²) in [6.45, 7) is 13.5. The van der Waals surface area contributed by atoms with Gasteiger partial charge in [-0.2, -0.15) is 0 Å². The van der Waals surface area contributed by atoms with Gasteiger partial charge in [0.05, 0.1) is 19.8 Å². The Labute approximate surface area is 165 Å². The largest absolute Gasteiger partial charge is 0.379 e. The number of rotatable bonds is 6. The summed E-state index contributed by atoms with van der Waals surface area (Å²) >= 11 is 0. The van der Waals surface area contributed by atoms with E-state index in [1.807, 2.05) is 0 Å². The zero-order chi connectivity index (χ0) is 16.5. The number of nitrogens with one attached hydrogen (secondary N) is 2. The van der Waals surface area contributed by atoms with Gasteiger partial charge in [0, 0.05) is 32.2 Å². The van der Waals surface area contributed by atoms with Crippen molar-refractivity contribution < 1.29 is 4.74 Å². The molecule has 142 valence electrons. The molecule has 2 N–H and O–H groups in total. The van der Waals surface area contributed by atoms with Crippen molar-refractivity contribution in [2.45, 2.75) is 52.5 Å². The van der Waals surface area contributed by atoms with E-state index < -0.39 is 0 Å². The van der Waals surface area contributed by atoms with Gasteiger partial charge in [-0.1, -0.05) is 13.8 Å². The molecule has 2 fully saturated rings. The number of guanidine groups is 1. The average Bonchev–Trinajstić information content (AvgIpc) is 2.56. The van der Waals surface area contributed by atoms with E-state index in [9.17, 15) is 0 Å². The fourth-order valence-corrected chi connectivity index (χ4v) is 3.57. The van der Waals surface area contributed by atoms with Crippen LogP contribution in [0.1, 0.15) is 46.5 Å². The van der Waals surface area contributed by atoms with Gasteiger partial charge in [-0.15, -0.1) is 24.0 Å². The average molecular weight is 452 g/mol. The fourth-order valence-electron chi connectivity index (χ4n) is 3.57. The number of hydrogen-bond donors (Lipinski definition) is 2. The van der Waals surface area contributed by atoms with Gasteiger partial charge in [0.1, 0.15) is 0 Å². The topological polar surface area (TPSA) is 48.9 Å². The molecule has 1 aliphatic heterocycles. The minimum absolute atomic E-state index is 0. The van der Waals surface area contributed by atoms with Gasteiger partial charge in [0.25, 0.3) is 0 Å². The molecule has 6 heteroatoms. The van der Waals surface area contributed by atoms with Crippen LogP contribution in [-0.2, 0) is 4.74 Å². The van der Waals surface area contributed by atoms with Crippen LogP contribution in [0.25, 0.3) is 0 Å². The molecule has 2 rings (SSSR count). The molecule has 0 radical (unpaired) electrons. The number of nitrogens with zero attached hydrogens (tertiary/aromatic N) is 2. The summed E-state index contributed by atoms with van der Waals surface area (Å²) < 4.78 is 5.39. The quantitative estimate of drug-likeness (QED) is 0.370. The predicted octanol–water partition coefficient (Wildman–Crippen LogP) is 2.71. The maximum Gasteiger partial charge on any atom is 0.191 e. The van der Waals surface area contributed by atoms with Gasteiger partial charge in [-0.05, 0) is 44.4 Å². The Kier molecular flexibility index (Phi) is 11.3. The van der Waals surface area contributed by atoms with Crippen LogP contribution in [0.4, 0.5) is 0 Å². The lowest BCUT2D eigenvalue weighted by atomic mass is 9.80. The SMILES string of the molecule is CCNC(=NCCN1CCOCC1)NC1CCC(C(C)C)CC1.I. The van der Waals surface area contributed by atoms with Crippen molar-refractivity contribution in [3.63, 3.8) is 0 Å². The summed E-state index contributed by atoms with van der Waals surface area (Å²) in [6, 6.07) is 0.589. The normalized spacial score (nSPS) is 26.1. The predicted molar refractivity (Wildman–Crippen MR) is 112 cm³/mol. The van der Waals surface area contributed by atoms with E-state index in [-0.39, 0.29) is 24.0 Å². The van der Waals surface area contributed by atoms with Crippen LogP contribution in [0.5, 0.6) is 0 Å². The second kappa shape index (κ2) is 12.3. The van der Waals surface area contributed by atoms with E-state index in [4.69, 9.17) is 9.73 Å². The third-order valence-corrected chi connectivity index (χ3v) is 5.19. The Morgan fingerprint density at radius 2 is 1.83 bits per heavy atom. The van der Waals surface area contributed by atoms with Crippen LogP contribution in [0.3, 0.4) is 0 Å². The summed E-state index contributed by atoms with van der Waals surface area (Å²) in [7, 11) is 0. The van der Waals surface area contributed by atoms with Crippen molar-refractivity contribution in [1.82, 2.24) is 15.5 Å². The molecule has 0 unspecified atom stereocenters. The lowest BCUT2D eigenvalue weighted by Crippen LogP contribution is -2.45. The highest BCUT2D eigenvalue weighted by atomic mass is 127. The highest BCUT2D eigenvalue weighted by Gasteiger charge is 2.23. The Morgan fingerprint density at radius 3 is 2.42 bits per heavy atom. The zero-order valence-electron chi connectivity index (χ0n) is 15.7. The van der Waals surface area contributed by atoms with Gasteiger partial charge >= 0.3 is 0 Å². The number of ether oxygens (including phenoxy) is 1. The van der Waals surface area contributed by atoms with Crippen LogP contribution in [0.15, 0.2) is 4.99 Å². The molecule has 1 saturated carbocycles. The number of morpholine rings is 1. The molecule has 0 aromatic heterocycles. The molecule has 0 spiro atoms. The first-order chi connectivity index (χ1) is 11.2. The Morgan fingerprint density at radius 1 is 1.17 bits per heavy atom. The van der Waals surface area contributed by atoms with Crippen molar-refractivity contribution in [3.8, 4) is 0 Å². The maximum atomic E-state index is 5.39. The third kappa shape index (κ3) is 7.87. The van der Waals surface area contributed by atoms with Crippen LogP contribution >= 0.6 is 24.0 Å².